The third-order valence-electron chi connectivity index (χ3n) is 5.55. The molecule has 0 fully saturated rings. The van der Waals surface area contributed by atoms with Crippen LogP contribution in [0.25, 0.3) is 0 Å². The molecule has 3 rings (SSSR count). The number of ether oxygens (including phenoxy) is 3. The van der Waals surface area contributed by atoms with Crippen molar-refractivity contribution in [1.82, 2.24) is 4.98 Å². The van der Waals surface area contributed by atoms with Gasteiger partial charge in [-0.3, -0.25) is 9.59 Å². The molecule has 1 aliphatic rings. The zero-order valence-electron chi connectivity index (χ0n) is 20.3. The molecule has 0 saturated heterocycles. The third-order valence-corrected chi connectivity index (χ3v) is 5.84. The van der Waals surface area contributed by atoms with Crippen LogP contribution in [0.3, 0.4) is 0 Å². The van der Waals surface area contributed by atoms with E-state index >= 15 is 0 Å². The van der Waals surface area contributed by atoms with Crippen LogP contribution in [0.5, 0.6) is 17.4 Å². The first-order chi connectivity index (χ1) is 18.0. The molecule has 8 nitrogen and oxygen atoms in total. The molecule has 1 aliphatic heterocycles. The zero-order chi connectivity index (χ0) is 28.0. The Hall–Kier alpha value is -3.67. The number of amides is 2. The van der Waals surface area contributed by atoms with E-state index in [1.165, 1.54) is 25.3 Å². The molecule has 0 radical (unpaired) electrons. The molecule has 1 atom stereocenters. The van der Waals surface area contributed by atoms with Crippen molar-refractivity contribution in [2.45, 2.75) is 39.3 Å². The first kappa shape index (κ1) is 28.9. The fourth-order valence-electron chi connectivity index (χ4n) is 3.77. The molecule has 1 aromatic carbocycles. The quantitative estimate of drug-likeness (QED) is 0.230. The zero-order valence-corrected chi connectivity index (χ0v) is 21.1. The van der Waals surface area contributed by atoms with Crippen LogP contribution < -0.4 is 14.4 Å². The van der Waals surface area contributed by atoms with E-state index in [2.05, 4.69) is 4.98 Å². The molecular weight excluding hydrogens is 536 g/mol. The number of hydrogen-bond donors (Lipinski definition) is 0. The summed E-state index contributed by atoms with van der Waals surface area (Å²) in [6.07, 6.45) is -3.69. The summed E-state index contributed by atoms with van der Waals surface area (Å²) in [5.74, 6) is -5.58. The fraction of sp³-hybridized carbons (Fsp3) is 0.360. The first-order valence-corrected chi connectivity index (χ1v) is 11.9. The topological polar surface area (TPSA) is 95.0 Å². The lowest BCUT2D eigenvalue weighted by molar-refractivity contribution is -0.145. The van der Waals surface area contributed by atoms with Crippen LogP contribution in [0, 0.1) is 11.7 Å². The molecule has 204 valence electrons. The molecule has 0 N–H and O–H groups in total. The monoisotopic (exact) mass is 558 g/mol. The van der Waals surface area contributed by atoms with Gasteiger partial charge in [0, 0.05) is 30.3 Å². The molecule has 38 heavy (non-hydrogen) atoms. The van der Waals surface area contributed by atoms with Crippen molar-refractivity contribution in [3.05, 3.63) is 53.0 Å². The number of imide groups is 1. The van der Waals surface area contributed by atoms with Gasteiger partial charge in [-0.25, -0.2) is 19.1 Å². The molecule has 2 heterocycles. The van der Waals surface area contributed by atoms with Crippen LogP contribution in [-0.2, 0) is 19.1 Å². The summed E-state index contributed by atoms with van der Waals surface area (Å²) in [5.41, 5.74) is -1.74. The van der Waals surface area contributed by atoms with E-state index < -0.39 is 60.0 Å². The molecule has 0 spiro atoms. The Labute approximate surface area is 220 Å². The Morgan fingerprint density at radius 1 is 1.21 bits per heavy atom. The van der Waals surface area contributed by atoms with E-state index in [1.54, 1.807) is 6.92 Å². The van der Waals surface area contributed by atoms with Crippen molar-refractivity contribution in [2.24, 2.45) is 5.92 Å². The first-order valence-electron chi connectivity index (χ1n) is 11.5. The maximum Gasteiger partial charge on any atom is 0.413 e. The summed E-state index contributed by atoms with van der Waals surface area (Å²) in [7, 11) is 0. The number of rotatable bonds is 8. The van der Waals surface area contributed by atoms with Gasteiger partial charge in [-0.2, -0.15) is 13.2 Å². The normalized spacial score (nSPS) is 16.4. The second kappa shape index (κ2) is 12.2. The van der Waals surface area contributed by atoms with Gasteiger partial charge in [-0.15, -0.1) is 0 Å². The Bertz CT molecular complexity index is 1250. The summed E-state index contributed by atoms with van der Waals surface area (Å²) < 4.78 is 71.6. The van der Waals surface area contributed by atoms with Gasteiger partial charge in [0.25, 0.3) is 11.8 Å². The van der Waals surface area contributed by atoms with E-state index in [9.17, 15) is 31.9 Å². The van der Waals surface area contributed by atoms with Crippen LogP contribution in [-0.4, -0.2) is 42.2 Å². The third kappa shape index (κ3) is 6.80. The van der Waals surface area contributed by atoms with Gasteiger partial charge in [-0.1, -0.05) is 18.5 Å². The average Bonchev–Trinajstić information content (AvgIpc) is 2.84. The summed E-state index contributed by atoms with van der Waals surface area (Å²) in [6, 6.07) is 4.52. The largest absolute Gasteiger partial charge is 0.463 e. The minimum atomic E-state index is -4.81. The highest BCUT2D eigenvalue weighted by atomic mass is 35.5. The molecule has 2 aromatic rings. The van der Waals surface area contributed by atoms with E-state index in [0.29, 0.717) is 11.0 Å². The lowest BCUT2D eigenvalue weighted by Gasteiger charge is -2.28. The van der Waals surface area contributed by atoms with Crippen molar-refractivity contribution in [3.63, 3.8) is 0 Å². The summed E-state index contributed by atoms with van der Waals surface area (Å²) in [4.78, 5) is 41.6. The minimum absolute atomic E-state index is 0.0604. The number of carbonyl (C=O) groups excluding carboxylic acids is 3. The van der Waals surface area contributed by atoms with Crippen LogP contribution in [0.15, 0.2) is 42.1 Å². The Kier molecular flexibility index (Phi) is 9.31. The van der Waals surface area contributed by atoms with Crippen molar-refractivity contribution >= 4 is 35.1 Å². The van der Waals surface area contributed by atoms with E-state index in [-0.39, 0.29) is 41.9 Å². The van der Waals surface area contributed by atoms with Gasteiger partial charge in [0.05, 0.1) is 17.3 Å². The van der Waals surface area contributed by atoms with E-state index in [0.717, 1.165) is 12.1 Å². The van der Waals surface area contributed by atoms with Crippen LogP contribution in [0.1, 0.15) is 33.1 Å². The molecule has 2 amide bonds. The highest BCUT2D eigenvalue weighted by molar-refractivity contribution is 6.32. The molecule has 13 heteroatoms. The number of carbonyl (C=O) groups is 3. The molecule has 1 unspecified atom stereocenters. The van der Waals surface area contributed by atoms with Gasteiger partial charge in [0.1, 0.15) is 11.6 Å². The van der Waals surface area contributed by atoms with Crippen molar-refractivity contribution in [1.29, 1.82) is 0 Å². The maximum atomic E-state index is 15.0. The molecule has 0 saturated carbocycles. The van der Waals surface area contributed by atoms with Crippen LogP contribution in [0.2, 0.25) is 5.02 Å². The lowest BCUT2D eigenvalue weighted by Crippen LogP contribution is -2.39. The number of pyridine rings is 1. The standard InChI is InChI=1S/C25H23ClF4N2O6/c1-3-14-7-8-21(33)32(22(34)10-15(14)25(28,29)30)18-12-20(16(26)11-17(18)27)38-19-6-5-9-31-24(19)37-13-23(35)36-4-2/h5-6,9-12,14H,3-4,7-8,13H2,1-2H3. The second-order valence-corrected chi connectivity index (χ2v) is 8.45. The minimum Gasteiger partial charge on any atom is -0.463 e. The second-order valence-electron chi connectivity index (χ2n) is 8.05. The number of allylic oxidation sites excluding steroid dienone is 1. The number of alkyl halides is 3. The number of hydrogen-bond acceptors (Lipinski definition) is 7. The number of anilines is 1. The average molecular weight is 559 g/mol. The Balaban J connectivity index is 1.99. The summed E-state index contributed by atoms with van der Waals surface area (Å²) >= 11 is 6.11. The predicted molar refractivity (Wildman–Crippen MR) is 127 cm³/mol. The van der Waals surface area contributed by atoms with Crippen molar-refractivity contribution < 1.29 is 46.2 Å². The Morgan fingerprint density at radius 2 is 1.95 bits per heavy atom. The van der Waals surface area contributed by atoms with Gasteiger partial charge >= 0.3 is 12.1 Å². The number of halogens is 5. The SMILES string of the molecule is CCOC(=O)COc1ncccc1Oc1cc(N2C(=O)C=C(C(F)(F)F)C(CC)CCC2=O)c(F)cc1Cl. The molecule has 0 bridgehead atoms. The van der Waals surface area contributed by atoms with Gasteiger partial charge in [0.2, 0.25) is 5.91 Å². The van der Waals surface area contributed by atoms with Gasteiger partial charge in [-0.05, 0) is 43.9 Å². The number of aromatic nitrogens is 1. The highest BCUT2D eigenvalue weighted by Gasteiger charge is 2.41. The van der Waals surface area contributed by atoms with Crippen molar-refractivity contribution in [2.75, 3.05) is 18.1 Å². The Morgan fingerprint density at radius 3 is 2.61 bits per heavy atom. The van der Waals surface area contributed by atoms with E-state index in [1.807, 2.05) is 0 Å². The predicted octanol–water partition coefficient (Wildman–Crippen LogP) is 5.78. The molecule has 0 aliphatic carbocycles. The number of benzene rings is 1. The van der Waals surface area contributed by atoms with E-state index in [4.69, 9.17) is 25.8 Å². The lowest BCUT2D eigenvalue weighted by atomic mass is 9.89. The maximum absolute atomic E-state index is 15.0. The van der Waals surface area contributed by atoms with Gasteiger partial charge in [0.15, 0.2) is 12.4 Å². The van der Waals surface area contributed by atoms with Gasteiger partial charge < -0.3 is 14.2 Å². The smallest absolute Gasteiger partial charge is 0.413 e. The highest BCUT2D eigenvalue weighted by Crippen LogP contribution is 2.40. The molecular formula is C25H23ClF4N2O6. The van der Waals surface area contributed by atoms with Crippen LogP contribution >= 0.6 is 11.6 Å². The summed E-state index contributed by atoms with van der Waals surface area (Å²) in [5, 5.41) is -0.282. The number of nitrogens with zero attached hydrogens (tertiary/aromatic N) is 2. The summed E-state index contributed by atoms with van der Waals surface area (Å²) in [6.45, 7) is 2.77. The van der Waals surface area contributed by atoms with Crippen LogP contribution in [0.4, 0.5) is 23.2 Å². The fourth-order valence-corrected chi connectivity index (χ4v) is 3.96. The molecule has 1 aromatic heterocycles. The van der Waals surface area contributed by atoms with Crippen molar-refractivity contribution in [3.8, 4) is 17.4 Å². The number of esters is 1.